The Balaban J connectivity index is 1.69. The van der Waals surface area contributed by atoms with Crippen molar-refractivity contribution in [3.05, 3.63) is 34.2 Å². The molecule has 2 saturated heterocycles. The second kappa shape index (κ2) is 8.23. The maximum absolute atomic E-state index is 13.9. The molecule has 0 saturated carbocycles. The average molecular weight is 486 g/mol. The first kappa shape index (κ1) is 22.6. The Morgan fingerprint density at radius 3 is 2.48 bits per heavy atom. The van der Waals surface area contributed by atoms with E-state index in [0.29, 0.717) is 27.1 Å². The molecule has 0 aliphatic carbocycles. The fourth-order valence-corrected chi connectivity index (χ4v) is 6.48. The predicted octanol–water partition coefficient (Wildman–Crippen LogP) is 3.14. The zero-order valence-corrected chi connectivity index (χ0v) is 20.9. The number of amides is 2. The third-order valence-electron chi connectivity index (χ3n) is 6.57. The molecule has 33 heavy (non-hydrogen) atoms. The molecule has 1 aromatic rings. The van der Waals surface area contributed by atoms with E-state index in [-0.39, 0.29) is 11.8 Å². The van der Waals surface area contributed by atoms with Crippen LogP contribution in [-0.4, -0.2) is 78.0 Å². The van der Waals surface area contributed by atoms with Crippen molar-refractivity contribution in [2.24, 2.45) is 0 Å². The number of likely N-dealkylation sites (N-methyl/N-ethyl adjacent to an activating group) is 1. The van der Waals surface area contributed by atoms with Gasteiger partial charge in [0.05, 0.1) is 42.0 Å². The second-order valence-corrected chi connectivity index (χ2v) is 10.7. The lowest BCUT2D eigenvalue weighted by atomic mass is 9.87. The van der Waals surface area contributed by atoms with Crippen LogP contribution in [0.1, 0.15) is 31.9 Å². The zero-order chi connectivity index (χ0) is 23.5. The van der Waals surface area contributed by atoms with Crippen molar-refractivity contribution in [1.82, 2.24) is 9.80 Å². The Morgan fingerprint density at radius 2 is 1.85 bits per heavy atom. The Morgan fingerprint density at radius 1 is 1.15 bits per heavy atom. The van der Waals surface area contributed by atoms with Crippen molar-refractivity contribution in [1.29, 1.82) is 0 Å². The number of hydrogen-bond donors (Lipinski definition) is 0. The number of ether oxygens (including phenoxy) is 2. The number of rotatable bonds is 4. The summed E-state index contributed by atoms with van der Waals surface area (Å²) in [5, 5.41) is 0. The molecule has 2 fully saturated rings. The first-order valence-electron chi connectivity index (χ1n) is 11.1. The number of carbonyl (C=O) groups is 2. The predicted molar refractivity (Wildman–Crippen MR) is 134 cm³/mol. The molecule has 7 nitrogen and oxygen atoms in total. The third kappa shape index (κ3) is 3.53. The largest absolute Gasteiger partial charge is 0.497 e. The summed E-state index contributed by atoms with van der Waals surface area (Å²) in [6, 6.07) is 3.87. The number of nitrogens with zero attached hydrogens (tertiary/aromatic N) is 3. The van der Waals surface area contributed by atoms with E-state index < -0.39 is 5.54 Å². The van der Waals surface area contributed by atoms with Crippen LogP contribution in [0.2, 0.25) is 0 Å². The molecule has 0 bridgehead atoms. The van der Waals surface area contributed by atoms with E-state index in [2.05, 4.69) is 11.0 Å². The maximum Gasteiger partial charge on any atom is 0.266 e. The van der Waals surface area contributed by atoms with E-state index >= 15 is 0 Å². The fraction of sp³-hybridized carbons (Fsp3) is 0.458. The molecule has 0 atom stereocenters. The molecule has 0 aromatic heterocycles. The van der Waals surface area contributed by atoms with E-state index in [0.717, 1.165) is 55.2 Å². The molecule has 2 amide bonds. The van der Waals surface area contributed by atoms with Crippen LogP contribution in [0.4, 0.5) is 5.69 Å². The molecule has 0 radical (unpaired) electrons. The van der Waals surface area contributed by atoms with Crippen molar-refractivity contribution in [3.8, 4) is 5.75 Å². The van der Waals surface area contributed by atoms with Gasteiger partial charge in [-0.1, -0.05) is 30.1 Å². The van der Waals surface area contributed by atoms with Gasteiger partial charge in [-0.25, -0.2) is 0 Å². The van der Waals surface area contributed by atoms with Crippen LogP contribution < -0.4 is 9.64 Å². The van der Waals surface area contributed by atoms with Crippen molar-refractivity contribution in [2.75, 3.05) is 51.4 Å². The number of thioether (sulfide) groups is 1. The van der Waals surface area contributed by atoms with Crippen molar-refractivity contribution in [3.63, 3.8) is 0 Å². The quantitative estimate of drug-likeness (QED) is 0.480. The second-order valence-electron chi connectivity index (χ2n) is 9.04. The standard InChI is InChI=1S/C24H27N3O4S2/c1-5-26-22(29)20(33-23(26)32)18-17-11-15(30-4)10-16-14(13-25-6-8-31-9-7-25)12-24(2,3)27(19(16)17)21(18)28/h10-12H,5-9,13H2,1-4H3/b20-18-. The monoisotopic (exact) mass is 485 g/mol. The van der Waals surface area contributed by atoms with E-state index in [4.69, 9.17) is 21.7 Å². The van der Waals surface area contributed by atoms with Crippen LogP contribution in [0.5, 0.6) is 5.75 Å². The molecule has 4 aliphatic heterocycles. The van der Waals surface area contributed by atoms with Crippen molar-refractivity contribution in [2.45, 2.75) is 26.3 Å². The molecule has 5 rings (SSSR count). The summed E-state index contributed by atoms with van der Waals surface area (Å²) >= 11 is 6.64. The van der Waals surface area contributed by atoms with Crippen LogP contribution in [-0.2, 0) is 14.3 Å². The highest BCUT2D eigenvalue weighted by Gasteiger charge is 2.49. The Hall–Kier alpha value is -2.20. The SMILES string of the molecule is CCN1C(=O)/C(=C2/C(=O)N3c4c(cc(OC)cc42)C(CN2CCOCC2)=CC3(C)C)SC1=S. The lowest BCUT2D eigenvalue weighted by Crippen LogP contribution is -2.47. The van der Waals surface area contributed by atoms with Gasteiger partial charge in [0, 0.05) is 37.3 Å². The smallest absolute Gasteiger partial charge is 0.266 e. The van der Waals surface area contributed by atoms with Crippen LogP contribution in [0.25, 0.3) is 11.1 Å². The van der Waals surface area contributed by atoms with Crippen LogP contribution in [0, 0.1) is 0 Å². The minimum atomic E-state index is -0.547. The summed E-state index contributed by atoms with van der Waals surface area (Å²) in [6.45, 7) is 10.4. The number of thiocarbonyl (C=S) groups is 1. The van der Waals surface area contributed by atoms with Crippen LogP contribution in [0.3, 0.4) is 0 Å². The van der Waals surface area contributed by atoms with Gasteiger partial charge >= 0.3 is 0 Å². The number of hydrogen-bond acceptors (Lipinski definition) is 7. The molecule has 4 heterocycles. The minimum absolute atomic E-state index is 0.164. The molecule has 4 aliphatic rings. The van der Waals surface area contributed by atoms with Crippen molar-refractivity contribution < 1.29 is 19.1 Å². The molecule has 1 aromatic carbocycles. The Labute approximate surface area is 203 Å². The first-order valence-corrected chi connectivity index (χ1v) is 12.4. The van der Waals surface area contributed by atoms with E-state index in [1.807, 2.05) is 37.8 Å². The van der Waals surface area contributed by atoms with Gasteiger partial charge in [0.25, 0.3) is 11.8 Å². The minimum Gasteiger partial charge on any atom is -0.497 e. The number of methoxy groups -OCH3 is 1. The summed E-state index contributed by atoms with van der Waals surface area (Å²) in [5.74, 6) is 0.295. The fourth-order valence-electron chi connectivity index (χ4n) is 5.02. The first-order chi connectivity index (χ1) is 15.8. The van der Waals surface area contributed by atoms with Crippen LogP contribution >= 0.6 is 24.0 Å². The van der Waals surface area contributed by atoms with Gasteiger partial charge in [0.2, 0.25) is 0 Å². The number of benzene rings is 1. The lowest BCUT2D eigenvalue weighted by Gasteiger charge is -2.40. The van der Waals surface area contributed by atoms with Gasteiger partial charge in [-0.2, -0.15) is 0 Å². The third-order valence-corrected chi connectivity index (χ3v) is 8.02. The molecule has 0 N–H and O–H groups in total. The Bertz CT molecular complexity index is 1130. The molecule has 0 spiro atoms. The van der Waals surface area contributed by atoms with Gasteiger partial charge in [-0.05, 0) is 38.5 Å². The lowest BCUT2D eigenvalue weighted by molar-refractivity contribution is -0.122. The number of anilines is 1. The molecule has 0 unspecified atom stereocenters. The summed E-state index contributed by atoms with van der Waals surface area (Å²) in [7, 11) is 1.62. The van der Waals surface area contributed by atoms with Gasteiger partial charge < -0.3 is 9.47 Å². The van der Waals surface area contributed by atoms with Gasteiger partial charge in [-0.15, -0.1) is 0 Å². The number of morpholine rings is 1. The Kier molecular flexibility index (Phi) is 5.63. The van der Waals surface area contributed by atoms with E-state index in [9.17, 15) is 9.59 Å². The normalized spacial score (nSPS) is 24.5. The van der Waals surface area contributed by atoms with E-state index in [1.165, 1.54) is 11.8 Å². The van der Waals surface area contributed by atoms with Gasteiger partial charge in [-0.3, -0.25) is 24.3 Å². The molecule has 9 heteroatoms. The molecular formula is C24H27N3O4S2. The topological polar surface area (TPSA) is 62.3 Å². The summed E-state index contributed by atoms with van der Waals surface area (Å²) < 4.78 is 11.6. The summed E-state index contributed by atoms with van der Waals surface area (Å²) in [5.41, 5.74) is 3.61. The van der Waals surface area contributed by atoms with E-state index in [1.54, 1.807) is 12.0 Å². The summed E-state index contributed by atoms with van der Waals surface area (Å²) in [4.78, 5) is 33.2. The number of carbonyl (C=O) groups excluding carboxylic acids is 2. The molecule has 174 valence electrons. The summed E-state index contributed by atoms with van der Waals surface area (Å²) in [6.07, 6.45) is 2.17. The highest BCUT2D eigenvalue weighted by molar-refractivity contribution is 8.26. The van der Waals surface area contributed by atoms with Crippen molar-refractivity contribution >= 4 is 56.9 Å². The van der Waals surface area contributed by atoms with Gasteiger partial charge in [0.15, 0.2) is 0 Å². The van der Waals surface area contributed by atoms with Gasteiger partial charge in [0.1, 0.15) is 10.1 Å². The highest BCUT2D eigenvalue weighted by atomic mass is 32.2. The highest BCUT2D eigenvalue weighted by Crippen LogP contribution is 2.53. The maximum atomic E-state index is 13.9. The van der Waals surface area contributed by atoms with Crippen LogP contribution in [0.15, 0.2) is 23.1 Å². The zero-order valence-electron chi connectivity index (χ0n) is 19.3. The average Bonchev–Trinajstić information content (AvgIpc) is 3.24. The molecular weight excluding hydrogens is 458 g/mol.